The molecule has 2 aromatic rings. The van der Waals surface area contributed by atoms with E-state index in [0.717, 1.165) is 0 Å². The first-order valence-electron chi connectivity index (χ1n) is 7.39. The number of rotatable bonds is 2. The Hall–Kier alpha value is -1.34. The normalized spacial score (nSPS) is 12.5. The maximum Gasteiger partial charge on any atom is 0.0776 e. The SMILES string of the molecule is CC(C)(C)c1ccc(-c2cccc([Si](C)(C)C)c2)cc1. The molecule has 0 amide bonds. The maximum absolute atomic E-state index is 2.40. The zero-order valence-electron chi connectivity index (χ0n) is 13.6. The third-order valence-corrected chi connectivity index (χ3v) is 5.86. The van der Waals surface area contributed by atoms with Gasteiger partial charge in [0.25, 0.3) is 0 Å². The van der Waals surface area contributed by atoms with Gasteiger partial charge in [-0.3, -0.25) is 0 Å². The Morgan fingerprint density at radius 3 is 1.85 bits per heavy atom. The van der Waals surface area contributed by atoms with E-state index >= 15 is 0 Å². The van der Waals surface area contributed by atoms with Crippen LogP contribution in [-0.4, -0.2) is 8.07 Å². The van der Waals surface area contributed by atoms with Gasteiger partial charge < -0.3 is 0 Å². The van der Waals surface area contributed by atoms with Crippen molar-refractivity contribution < 1.29 is 0 Å². The van der Waals surface area contributed by atoms with E-state index in [4.69, 9.17) is 0 Å². The number of hydrogen-bond acceptors (Lipinski definition) is 0. The molecule has 0 saturated heterocycles. The predicted octanol–water partition coefficient (Wildman–Crippen LogP) is 5.20. The fraction of sp³-hybridized carbons (Fsp3) is 0.368. The fourth-order valence-electron chi connectivity index (χ4n) is 2.33. The molecule has 0 aliphatic heterocycles. The summed E-state index contributed by atoms with van der Waals surface area (Å²) in [7, 11) is -1.24. The largest absolute Gasteiger partial charge is 0.0776 e. The molecule has 0 spiro atoms. The second-order valence-electron chi connectivity index (χ2n) is 7.66. The van der Waals surface area contributed by atoms with Gasteiger partial charge in [-0.25, -0.2) is 0 Å². The zero-order chi connectivity index (χ0) is 15.0. The summed E-state index contributed by atoms with van der Waals surface area (Å²) in [5, 5.41) is 1.52. The van der Waals surface area contributed by atoms with E-state index in [0.29, 0.717) is 0 Å². The topological polar surface area (TPSA) is 0 Å². The lowest BCUT2D eigenvalue weighted by Gasteiger charge is -2.20. The maximum atomic E-state index is 2.40. The van der Waals surface area contributed by atoms with Crippen LogP contribution in [0.2, 0.25) is 19.6 Å². The third-order valence-electron chi connectivity index (χ3n) is 3.81. The van der Waals surface area contributed by atoms with Gasteiger partial charge in [0.2, 0.25) is 0 Å². The van der Waals surface area contributed by atoms with Crippen molar-refractivity contribution >= 4 is 13.3 Å². The number of hydrogen-bond donors (Lipinski definition) is 0. The van der Waals surface area contributed by atoms with Gasteiger partial charge in [0, 0.05) is 0 Å². The molecule has 0 saturated carbocycles. The Balaban J connectivity index is 2.38. The van der Waals surface area contributed by atoms with E-state index in [-0.39, 0.29) is 5.41 Å². The van der Waals surface area contributed by atoms with Crippen LogP contribution in [0, 0.1) is 0 Å². The van der Waals surface area contributed by atoms with Crippen LogP contribution in [-0.2, 0) is 5.41 Å². The van der Waals surface area contributed by atoms with Crippen LogP contribution in [0.3, 0.4) is 0 Å². The highest BCUT2D eigenvalue weighted by Gasteiger charge is 2.17. The molecule has 0 aliphatic rings. The minimum atomic E-state index is -1.24. The third kappa shape index (κ3) is 3.40. The summed E-state index contributed by atoms with van der Waals surface area (Å²) in [5.41, 5.74) is 4.27. The van der Waals surface area contributed by atoms with Gasteiger partial charge in [0.1, 0.15) is 0 Å². The molecule has 0 radical (unpaired) electrons. The van der Waals surface area contributed by atoms with Crippen LogP contribution in [0.5, 0.6) is 0 Å². The molecule has 20 heavy (non-hydrogen) atoms. The summed E-state index contributed by atoms with van der Waals surface area (Å²) >= 11 is 0. The highest BCUT2D eigenvalue weighted by atomic mass is 28.3. The van der Waals surface area contributed by atoms with E-state index in [1.165, 1.54) is 21.9 Å². The first kappa shape index (κ1) is 15.1. The van der Waals surface area contributed by atoms with Crippen LogP contribution >= 0.6 is 0 Å². The Kier molecular flexibility index (Phi) is 3.92. The minimum absolute atomic E-state index is 0.221. The Labute approximate surface area is 124 Å². The summed E-state index contributed by atoms with van der Waals surface area (Å²) < 4.78 is 0. The van der Waals surface area contributed by atoms with E-state index in [1.807, 2.05) is 0 Å². The van der Waals surface area contributed by atoms with Gasteiger partial charge in [-0.05, 0) is 22.1 Å². The molecule has 0 N–H and O–H groups in total. The van der Waals surface area contributed by atoms with Crippen LogP contribution in [0.4, 0.5) is 0 Å². The molecule has 0 unspecified atom stereocenters. The Morgan fingerprint density at radius 2 is 1.35 bits per heavy atom. The van der Waals surface area contributed by atoms with Crippen LogP contribution in [0.15, 0.2) is 48.5 Å². The van der Waals surface area contributed by atoms with Crippen LogP contribution in [0.25, 0.3) is 11.1 Å². The summed E-state index contributed by atoms with van der Waals surface area (Å²) in [6.45, 7) is 14.0. The standard InChI is InChI=1S/C19H26Si/c1-19(2,3)17-12-10-15(11-13-17)16-8-7-9-18(14-16)20(4,5)6/h7-14H,1-6H3. The molecule has 0 bridgehead atoms. The van der Waals surface area contributed by atoms with Crippen molar-refractivity contribution in [2.75, 3.05) is 0 Å². The molecule has 106 valence electrons. The average Bonchev–Trinajstić information content (AvgIpc) is 2.37. The van der Waals surface area contributed by atoms with E-state index in [2.05, 4.69) is 88.9 Å². The molecule has 0 aromatic heterocycles. The van der Waals surface area contributed by atoms with Crippen molar-refractivity contribution in [3.8, 4) is 11.1 Å². The highest BCUT2D eigenvalue weighted by Crippen LogP contribution is 2.26. The van der Waals surface area contributed by atoms with E-state index < -0.39 is 8.07 Å². The lowest BCUT2D eigenvalue weighted by molar-refractivity contribution is 0.590. The van der Waals surface area contributed by atoms with Crippen LogP contribution < -0.4 is 5.19 Å². The quantitative estimate of drug-likeness (QED) is 0.664. The van der Waals surface area contributed by atoms with Crippen molar-refractivity contribution in [3.05, 3.63) is 54.1 Å². The van der Waals surface area contributed by atoms with Gasteiger partial charge in [-0.15, -0.1) is 0 Å². The molecule has 0 fully saturated rings. The summed E-state index contributed by atoms with van der Waals surface area (Å²) in [6, 6.07) is 18.1. The summed E-state index contributed by atoms with van der Waals surface area (Å²) in [4.78, 5) is 0. The van der Waals surface area contributed by atoms with Crippen molar-refractivity contribution in [1.29, 1.82) is 0 Å². The molecule has 2 rings (SSSR count). The second-order valence-corrected chi connectivity index (χ2v) is 12.7. The van der Waals surface area contributed by atoms with Crippen LogP contribution in [0.1, 0.15) is 26.3 Å². The first-order chi connectivity index (χ1) is 9.18. The molecule has 0 nitrogen and oxygen atoms in total. The van der Waals surface area contributed by atoms with Crippen molar-refractivity contribution in [2.24, 2.45) is 0 Å². The predicted molar refractivity (Wildman–Crippen MR) is 93.6 cm³/mol. The van der Waals surface area contributed by atoms with Gasteiger partial charge in [0.15, 0.2) is 0 Å². The highest BCUT2D eigenvalue weighted by molar-refractivity contribution is 6.88. The molecule has 0 atom stereocenters. The van der Waals surface area contributed by atoms with Gasteiger partial charge in [0.05, 0.1) is 8.07 Å². The Morgan fingerprint density at radius 1 is 0.750 bits per heavy atom. The van der Waals surface area contributed by atoms with E-state index in [9.17, 15) is 0 Å². The van der Waals surface area contributed by atoms with Crippen molar-refractivity contribution in [3.63, 3.8) is 0 Å². The molecule has 0 heterocycles. The zero-order valence-corrected chi connectivity index (χ0v) is 14.6. The second kappa shape index (κ2) is 5.21. The Bertz CT molecular complexity index is 580. The van der Waals surface area contributed by atoms with Crippen molar-refractivity contribution in [1.82, 2.24) is 0 Å². The molecule has 0 aliphatic carbocycles. The molecular weight excluding hydrogens is 256 g/mol. The monoisotopic (exact) mass is 282 g/mol. The van der Waals surface area contributed by atoms with Gasteiger partial charge in [-0.2, -0.15) is 0 Å². The first-order valence-corrected chi connectivity index (χ1v) is 10.9. The lowest BCUT2D eigenvalue weighted by atomic mass is 9.86. The van der Waals surface area contributed by atoms with E-state index in [1.54, 1.807) is 0 Å². The van der Waals surface area contributed by atoms with Gasteiger partial charge in [-0.1, -0.05) is 94.1 Å². The lowest BCUT2D eigenvalue weighted by Crippen LogP contribution is -2.37. The smallest absolute Gasteiger partial charge is 0.0656 e. The average molecular weight is 283 g/mol. The van der Waals surface area contributed by atoms with Gasteiger partial charge >= 0.3 is 0 Å². The summed E-state index contributed by atoms with van der Waals surface area (Å²) in [5.74, 6) is 0. The van der Waals surface area contributed by atoms with Crippen molar-refractivity contribution in [2.45, 2.75) is 45.8 Å². The molecule has 2 aromatic carbocycles. The number of benzene rings is 2. The molecular formula is C19H26Si. The fourth-order valence-corrected chi connectivity index (χ4v) is 3.51. The summed E-state index contributed by atoms with van der Waals surface area (Å²) in [6.07, 6.45) is 0. The minimum Gasteiger partial charge on any atom is -0.0656 e. The molecule has 1 heteroatoms.